The number of rotatable bonds is 6. The smallest absolute Gasteiger partial charge is 0.160 e. The van der Waals surface area contributed by atoms with Crippen LogP contribution < -0.4 is 0 Å². The summed E-state index contributed by atoms with van der Waals surface area (Å²) < 4.78 is 5.04. The third-order valence-electron chi connectivity index (χ3n) is 10.8. The van der Waals surface area contributed by atoms with Gasteiger partial charge in [-0.3, -0.25) is 0 Å². The number of benzene rings is 8. The van der Waals surface area contributed by atoms with E-state index in [9.17, 15) is 0 Å². The van der Waals surface area contributed by atoms with E-state index >= 15 is 0 Å². The molecule has 0 saturated heterocycles. The summed E-state index contributed by atoms with van der Waals surface area (Å²) in [6.45, 7) is 0. The molecule has 0 atom stereocenters. The first-order valence-corrected chi connectivity index (χ1v) is 19.7. The summed E-state index contributed by atoms with van der Waals surface area (Å²) in [5, 5.41) is 4.91. The molecule has 0 aliphatic heterocycles. The molecule has 3 heterocycles. The van der Waals surface area contributed by atoms with Crippen LogP contribution in [-0.4, -0.2) is 14.5 Å². The number of hydrogen-bond donors (Lipinski definition) is 0. The first-order valence-electron chi connectivity index (χ1n) is 18.9. The monoisotopic (exact) mass is 731 g/mol. The Balaban J connectivity index is 1.17. The highest BCUT2D eigenvalue weighted by Gasteiger charge is 2.21. The Bertz CT molecular complexity index is 3240. The van der Waals surface area contributed by atoms with E-state index < -0.39 is 0 Å². The van der Waals surface area contributed by atoms with E-state index in [0.29, 0.717) is 5.82 Å². The van der Waals surface area contributed by atoms with Crippen LogP contribution in [0.4, 0.5) is 0 Å². The zero-order chi connectivity index (χ0) is 37.0. The lowest BCUT2D eigenvalue weighted by Gasteiger charge is -2.13. The Hall–Kier alpha value is -7.14. The summed E-state index contributed by atoms with van der Waals surface area (Å²) in [5.41, 5.74) is 13.1. The quantitative estimate of drug-likeness (QED) is 0.170. The predicted octanol–water partition coefficient (Wildman–Crippen LogP) is 14.3. The van der Waals surface area contributed by atoms with Crippen molar-refractivity contribution < 1.29 is 0 Å². The molecule has 0 N–H and O–H groups in total. The van der Waals surface area contributed by atoms with E-state index in [1.807, 2.05) is 29.5 Å². The van der Waals surface area contributed by atoms with Crippen molar-refractivity contribution in [2.75, 3.05) is 0 Å². The van der Waals surface area contributed by atoms with Gasteiger partial charge in [-0.25, -0.2) is 9.97 Å². The van der Waals surface area contributed by atoms with Gasteiger partial charge >= 0.3 is 0 Å². The molecule has 8 aromatic carbocycles. The van der Waals surface area contributed by atoms with Crippen LogP contribution in [0.15, 0.2) is 200 Å². The zero-order valence-electron chi connectivity index (χ0n) is 30.3. The van der Waals surface area contributed by atoms with Crippen molar-refractivity contribution in [3.63, 3.8) is 0 Å². The summed E-state index contributed by atoms with van der Waals surface area (Å²) >= 11 is 1.87. The number of fused-ring (bicyclic) bond motifs is 6. The lowest BCUT2D eigenvalue weighted by Crippen LogP contribution is -1.97. The second kappa shape index (κ2) is 13.3. The van der Waals surface area contributed by atoms with Gasteiger partial charge in [0.25, 0.3) is 0 Å². The van der Waals surface area contributed by atoms with Gasteiger partial charge in [-0.05, 0) is 59.2 Å². The molecule has 0 bridgehead atoms. The van der Waals surface area contributed by atoms with Gasteiger partial charge in [0.05, 0.1) is 22.4 Å². The minimum absolute atomic E-state index is 0.700. The number of thiophene rings is 1. The molecule has 0 amide bonds. The van der Waals surface area contributed by atoms with Gasteiger partial charge in [0.1, 0.15) is 0 Å². The Kier molecular flexibility index (Phi) is 7.68. The highest BCUT2D eigenvalue weighted by molar-refractivity contribution is 7.26. The largest absolute Gasteiger partial charge is 0.309 e. The van der Waals surface area contributed by atoms with E-state index in [4.69, 9.17) is 9.97 Å². The lowest BCUT2D eigenvalue weighted by atomic mass is 9.99. The zero-order valence-corrected chi connectivity index (χ0v) is 31.1. The fourth-order valence-electron chi connectivity index (χ4n) is 8.22. The van der Waals surface area contributed by atoms with Crippen molar-refractivity contribution >= 4 is 53.3 Å². The van der Waals surface area contributed by atoms with Crippen molar-refractivity contribution in [2.24, 2.45) is 0 Å². The third-order valence-corrected chi connectivity index (χ3v) is 12.0. The molecule has 0 unspecified atom stereocenters. The summed E-state index contributed by atoms with van der Waals surface area (Å²) in [4.78, 5) is 10.5. The fourth-order valence-corrected chi connectivity index (χ4v) is 9.44. The second-order valence-corrected chi connectivity index (χ2v) is 15.2. The predicted molar refractivity (Wildman–Crippen MR) is 236 cm³/mol. The SMILES string of the molecule is c1ccc(-c2cccc(-c3cc(-c4cccc5c4c4ccccc4n5-c4cc(-c5ccccc5)c5sc6ccccc6c5c4)nc(-c4ccccc4)n3)c2)cc1. The molecular formula is C52H33N3S. The molecule has 0 radical (unpaired) electrons. The van der Waals surface area contributed by atoms with Crippen LogP contribution in [0, 0.1) is 0 Å². The molecule has 11 aromatic rings. The van der Waals surface area contributed by atoms with Gasteiger partial charge in [-0.15, -0.1) is 11.3 Å². The van der Waals surface area contributed by atoms with Crippen molar-refractivity contribution in [3.05, 3.63) is 200 Å². The van der Waals surface area contributed by atoms with E-state index in [1.165, 1.54) is 47.6 Å². The van der Waals surface area contributed by atoms with Gasteiger partial charge in [0, 0.05) is 58.9 Å². The molecule has 0 aliphatic rings. The molecule has 0 saturated carbocycles. The fraction of sp³-hybridized carbons (Fsp3) is 0. The number of nitrogens with zero attached hydrogens (tertiary/aromatic N) is 3. The summed E-state index contributed by atoms with van der Waals surface area (Å²) in [6, 6.07) is 71.4. The maximum absolute atomic E-state index is 5.32. The number of aromatic nitrogens is 3. The molecule has 3 nitrogen and oxygen atoms in total. The highest BCUT2D eigenvalue weighted by Crippen LogP contribution is 2.44. The van der Waals surface area contributed by atoms with Gasteiger partial charge in [-0.2, -0.15) is 0 Å². The summed E-state index contributed by atoms with van der Waals surface area (Å²) in [5.74, 6) is 0.700. The third kappa shape index (κ3) is 5.42. The van der Waals surface area contributed by atoms with Gasteiger partial charge in [0.15, 0.2) is 5.82 Å². The number of hydrogen-bond acceptors (Lipinski definition) is 3. The summed E-state index contributed by atoms with van der Waals surface area (Å²) in [7, 11) is 0. The van der Waals surface area contributed by atoms with Crippen molar-refractivity contribution in [1.29, 1.82) is 0 Å². The van der Waals surface area contributed by atoms with E-state index in [1.54, 1.807) is 0 Å². The maximum atomic E-state index is 5.32. The molecular weight excluding hydrogens is 699 g/mol. The summed E-state index contributed by atoms with van der Waals surface area (Å²) in [6.07, 6.45) is 0. The Morgan fingerprint density at radius 2 is 0.982 bits per heavy atom. The highest BCUT2D eigenvalue weighted by atomic mass is 32.1. The van der Waals surface area contributed by atoms with Crippen molar-refractivity contribution in [3.8, 4) is 61.8 Å². The van der Waals surface area contributed by atoms with Gasteiger partial charge in [0.2, 0.25) is 0 Å². The minimum Gasteiger partial charge on any atom is -0.309 e. The molecule has 3 aromatic heterocycles. The lowest BCUT2D eigenvalue weighted by molar-refractivity contribution is 1.18. The van der Waals surface area contributed by atoms with E-state index in [-0.39, 0.29) is 0 Å². The van der Waals surface area contributed by atoms with Gasteiger partial charge in [-0.1, -0.05) is 158 Å². The molecule has 0 aliphatic carbocycles. The average Bonchev–Trinajstić information content (AvgIpc) is 3.83. The maximum Gasteiger partial charge on any atom is 0.160 e. The van der Waals surface area contributed by atoms with Gasteiger partial charge < -0.3 is 4.57 Å². The van der Waals surface area contributed by atoms with Crippen LogP contribution in [0.1, 0.15) is 0 Å². The average molecular weight is 732 g/mol. The van der Waals surface area contributed by atoms with Crippen molar-refractivity contribution in [1.82, 2.24) is 14.5 Å². The standard InChI is InChI=1S/C52H33N3S/c1-4-16-34(17-5-1)37-22-14-23-38(30-37)45-33-46(54-52(53-45)36-20-8-3-9-21-36)41-26-15-28-48-50(41)42-25-10-12-27-47(42)55(48)39-31-43(35-18-6-2-7-19-35)51-44(32-39)40-24-11-13-29-49(40)56-51/h1-33H. The first-order chi connectivity index (χ1) is 27.8. The Morgan fingerprint density at radius 3 is 1.79 bits per heavy atom. The van der Waals surface area contributed by atoms with Crippen LogP contribution in [0.25, 0.3) is 104 Å². The molecule has 262 valence electrons. The van der Waals surface area contributed by atoms with Crippen LogP contribution in [0.3, 0.4) is 0 Å². The van der Waals surface area contributed by atoms with Crippen molar-refractivity contribution in [2.45, 2.75) is 0 Å². The molecule has 4 heteroatoms. The van der Waals surface area contributed by atoms with E-state index in [2.05, 4.69) is 187 Å². The minimum atomic E-state index is 0.700. The first kappa shape index (κ1) is 32.3. The van der Waals surface area contributed by atoms with Crippen LogP contribution >= 0.6 is 11.3 Å². The molecule has 11 rings (SSSR count). The molecule has 0 spiro atoms. The van der Waals surface area contributed by atoms with Crippen LogP contribution in [-0.2, 0) is 0 Å². The molecule has 0 fully saturated rings. The normalized spacial score (nSPS) is 11.6. The van der Waals surface area contributed by atoms with Crippen LogP contribution in [0.2, 0.25) is 0 Å². The number of para-hydroxylation sites is 1. The Labute approximate surface area is 328 Å². The van der Waals surface area contributed by atoms with Crippen LogP contribution in [0.5, 0.6) is 0 Å². The Morgan fingerprint density at radius 1 is 0.375 bits per heavy atom. The van der Waals surface area contributed by atoms with E-state index in [0.717, 1.165) is 50.4 Å². The molecule has 56 heavy (non-hydrogen) atoms. The topological polar surface area (TPSA) is 30.7 Å². The second-order valence-electron chi connectivity index (χ2n) is 14.2.